The number of anilines is 1. The van der Waals surface area contributed by atoms with Crippen LogP contribution in [-0.2, 0) is 12.4 Å². The molecule has 1 aromatic carbocycles. The Labute approximate surface area is 131 Å². The quantitative estimate of drug-likeness (QED) is 0.809. The van der Waals surface area contributed by atoms with E-state index in [-0.39, 0.29) is 0 Å². The summed E-state index contributed by atoms with van der Waals surface area (Å²) in [4.78, 5) is 0. The van der Waals surface area contributed by atoms with Crippen molar-refractivity contribution < 1.29 is 0 Å². The minimum atomic E-state index is 0.547. The first-order valence-electron chi connectivity index (χ1n) is 7.78. The van der Waals surface area contributed by atoms with Gasteiger partial charge >= 0.3 is 0 Å². The van der Waals surface area contributed by atoms with Gasteiger partial charge in [0.15, 0.2) is 0 Å². The van der Waals surface area contributed by atoms with Gasteiger partial charge in [-0.05, 0) is 36.6 Å². The summed E-state index contributed by atoms with van der Waals surface area (Å²) < 4.78 is 2.16. The van der Waals surface area contributed by atoms with Crippen molar-refractivity contribution in [2.24, 2.45) is 0 Å². The summed E-state index contributed by atoms with van der Waals surface area (Å²) in [5.74, 6) is 0.547. The Morgan fingerprint density at radius 1 is 1.19 bits per heavy atom. The molecule has 2 aromatic rings. The fourth-order valence-electron chi connectivity index (χ4n) is 2.98. The smallest absolute Gasteiger partial charge is 0.0815 e. The van der Waals surface area contributed by atoms with Crippen LogP contribution < -0.4 is 5.32 Å². The van der Waals surface area contributed by atoms with E-state index >= 15 is 0 Å². The van der Waals surface area contributed by atoms with Gasteiger partial charge in [-0.15, -0.1) is 11.6 Å². The third-order valence-electron chi connectivity index (χ3n) is 4.17. The van der Waals surface area contributed by atoms with E-state index in [0.29, 0.717) is 11.9 Å². The van der Waals surface area contributed by atoms with Crippen molar-refractivity contribution in [2.45, 2.75) is 50.6 Å². The van der Waals surface area contributed by atoms with Crippen LogP contribution in [0.1, 0.15) is 49.4 Å². The van der Waals surface area contributed by atoms with Crippen LogP contribution in [0, 0.1) is 0 Å². The molecule has 0 radical (unpaired) electrons. The Hall–Kier alpha value is -1.48. The van der Waals surface area contributed by atoms with Gasteiger partial charge in [0.05, 0.1) is 18.3 Å². The number of aromatic nitrogens is 2. The maximum atomic E-state index is 5.86. The van der Waals surface area contributed by atoms with Crippen LogP contribution in [0.2, 0.25) is 0 Å². The maximum absolute atomic E-state index is 5.86. The van der Waals surface area contributed by atoms with Gasteiger partial charge in [-0.1, -0.05) is 31.4 Å². The maximum Gasteiger partial charge on any atom is 0.0815 e. The van der Waals surface area contributed by atoms with E-state index in [1.807, 2.05) is 12.1 Å². The van der Waals surface area contributed by atoms with Crippen molar-refractivity contribution in [1.82, 2.24) is 9.78 Å². The lowest BCUT2D eigenvalue weighted by atomic mass is 9.96. The normalized spacial score (nSPS) is 16.0. The van der Waals surface area contributed by atoms with Crippen molar-refractivity contribution >= 4 is 17.3 Å². The van der Waals surface area contributed by atoms with Gasteiger partial charge in [0.2, 0.25) is 0 Å². The number of benzene rings is 1. The molecule has 1 N–H and O–H groups in total. The third-order valence-corrected chi connectivity index (χ3v) is 4.48. The lowest BCUT2D eigenvalue weighted by molar-refractivity contribution is 0.328. The summed E-state index contributed by atoms with van der Waals surface area (Å²) in [6, 6.07) is 10.9. The SMILES string of the molecule is ClCc1cccc(NCc2ccn(C3CCCCC3)n2)c1. The first-order valence-corrected chi connectivity index (χ1v) is 8.31. The zero-order valence-electron chi connectivity index (χ0n) is 12.3. The molecule has 0 atom stereocenters. The Kier molecular flexibility index (Phi) is 4.81. The summed E-state index contributed by atoms with van der Waals surface area (Å²) >= 11 is 5.86. The Bertz CT molecular complexity index is 573. The van der Waals surface area contributed by atoms with Crippen LogP contribution in [0.5, 0.6) is 0 Å². The molecule has 3 rings (SSSR count). The van der Waals surface area contributed by atoms with Gasteiger partial charge in [0.25, 0.3) is 0 Å². The van der Waals surface area contributed by atoms with Crippen molar-refractivity contribution in [3.63, 3.8) is 0 Å². The number of alkyl halides is 1. The fourth-order valence-corrected chi connectivity index (χ4v) is 3.14. The Morgan fingerprint density at radius 3 is 2.86 bits per heavy atom. The second-order valence-electron chi connectivity index (χ2n) is 5.77. The predicted octanol–water partition coefficient (Wildman–Crippen LogP) is 4.74. The fraction of sp³-hybridized carbons (Fsp3) is 0.471. The van der Waals surface area contributed by atoms with Crippen LogP contribution in [0.15, 0.2) is 36.5 Å². The van der Waals surface area contributed by atoms with Gasteiger partial charge in [-0.25, -0.2) is 0 Å². The number of halogens is 1. The van der Waals surface area contributed by atoms with Crippen LogP contribution in [0.4, 0.5) is 5.69 Å². The van der Waals surface area contributed by atoms with E-state index in [2.05, 4.69) is 34.4 Å². The molecule has 4 heteroatoms. The van der Waals surface area contributed by atoms with Gasteiger partial charge in [0.1, 0.15) is 0 Å². The van der Waals surface area contributed by atoms with Crippen molar-refractivity contribution in [1.29, 1.82) is 0 Å². The summed E-state index contributed by atoms with van der Waals surface area (Å²) in [5, 5.41) is 8.14. The van der Waals surface area contributed by atoms with E-state index in [1.165, 1.54) is 32.1 Å². The van der Waals surface area contributed by atoms with Gasteiger partial charge in [-0.3, -0.25) is 4.68 Å². The van der Waals surface area contributed by atoms with Crippen LogP contribution >= 0.6 is 11.6 Å². The van der Waals surface area contributed by atoms with Crippen LogP contribution in [0.3, 0.4) is 0 Å². The number of nitrogens with zero attached hydrogens (tertiary/aromatic N) is 2. The second-order valence-corrected chi connectivity index (χ2v) is 6.03. The summed E-state index contributed by atoms with van der Waals surface area (Å²) in [5.41, 5.74) is 3.33. The molecule has 0 amide bonds. The van der Waals surface area contributed by atoms with Crippen LogP contribution in [0.25, 0.3) is 0 Å². The molecular weight excluding hydrogens is 282 g/mol. The highest BCUT2D eigenvalue weighted by Crippen LogP contribution is 2.27. The Balaban J connectivity index is 1.59. The Morgan fingerprint density at radius 2 is 2.05 bits per heavy atom. The highest BCUT2D eigenvalue weighted by Gasteiger charge is 2.15. The molecule has 0 aliphatic heterocycles. The number of hydrogen-bond acceptors (Lipinski definition) is 2. The molecule has 0 saturated heterocycles. The molecule has 1 aromatic heterocycles. The first-order chi connectivity index (χ1) is 10.3. The summed E-state index contributed by atoms with van der Waals surface area (Å²) in [7, 11) is 0. The van der Waals surface area contributed by atoms with Crippen LogP contribution in [-0.4, -0.2) is 9.78 Å². The minimum Gasteiger partial charge on any atom is -0.379 e. The van der Waals surface area contributed by atoms with E-state index in [9.17, 15) is 0 Å². The molecule has 1 aliphatic rings. The molecule has 112 valence electrons. The molecule has 1 aliphatic carbocycles. The van der Waals surface area contributed by atoms with E-state index < -0.39 is 0 Å². The predicted molar refractivity (Wildman–Crippen MR) is 87.7 cm³/mol. The number of rotatable bonds is 5. The monoisotopic (exact) mass is 303 g/mol. The molecule has 1 heterocycles. The van der Waals surface area contributed by atoms with Crippen molar-refractivity contribution in [2.75, 3.05) is 5.32 Å². The average Bonchev–Trinajstić information content (AvgIpc) is 3.03. The number of nitrogens with one attached hydrogen (secondary N) is 1. The van der Waals surface area contributed by atoms with E-state index in [4.69, 9.17) is 16.7 Å². The topological polar surface area (TPSA) is 29.9 Å². The summed E-state index contributed by atoms with van der Waals surface area (Å²) in [6.07, 6.45) is 8.72. The molecule has 21 heavy (non-hydrogen) atoms. The molecule has 0 bridgehead atoms. The van der Waals surface area contributed by atoms with E-state index in [1.54, 1.807) is 0 Å². The molecule has 0 unspecified atom stereocenters. The van der Waals surface area contributed by atoms with Gasteiger partial charge in [-0.2, -0.15) is 5.10 Å². The molecule has 3 nitrogen and oxygen atoms in total. The molecular formula is C17H22ClN3. The van der Waals surface area contributed by atoms with Gasteiger partial charge in [0, 0.05) is 17.8 Å². The van der Waals surface area contributed by atoms with Crippen molar-refractivity contribution in [3.8, 4) is 0 Å². The lowest BCUT2D eigenvalue weighted by Gasteiger charge is -2.21. The average molecular weight is 304 g/mol. The molecule has 1 saturated carbocycles. The summed E-state index contributed by atoms with van der Waals surface area (Å²) in [6.45, 7) is 0.755. The highest BCUT2D eigenvalue weighted by molar-refractivity contribution is 6.17. The van der Waals surface area contributed by atoms with Crippen molar-refractivity contribution in [3.05, 3.63) is 47.8 Å². The highest BCUT2D eigenvalue weighted by atomic mass is 35.5. The molecule has 1 fully saturated rings. The molecule has 0 spiro atoms. The second kappa shape index (κ2) is 6.99. The zero-order chi connectivity index (χ0) is 14.5. The zero-order valence-corrected chi connectivity index (χ0v) is 13.0. The minimum absolute atomic E-state index is 0.547. The standard InChI is InChI=1S/C17H22ClN3/c18-12-14-5-4-6-15(11-14)19-13-16-9-10-21(20-16)17-7-2-1-3-8-17/h4-6,9-11,17,19H,1-3,7-8,12-13H2. The first kappa shape index (κ1) is 14.5. The largest absolute Gasteiger partial charge is 0.379 e. The van der Waals surface area contributed by atoms with Gasteiger partial charge < -0.3 is 5.32 Å². The number of hydrogen-bond donors (Lipinski definition) is 1. The van der Waals surface area contributed by atoms with E-state index in [0.717, 1.165) is 23.5 Å². The third kappa shape index (κ3) is 3.79. The lowest BCUT2D eigenvalue weighted by Crippen LogP contribution is -2.13.